The fraction of sp³-hybridized carbons (Fsp3) is 0.462. The van der Waals surface area contributed by atoms with Crippen LogP contribution in [0.25, 0.3) is 0 Å². The standard InChI is InChI=1S/C13H18N4OS2/c1-5-9(12-15-6(2)8(4)19-12)17-11(18)10-7(3)16-13(14)20-10/h9H,5H2,1-4H3,(H2,14,16)(H,17,18)/t9-/m0/s1. The van der Waals surface area contributed by atoms with Crippen molar-refractivity contribution in [2.24, 2.45) is 0 Å². The van der Waals surface area contributed by atoms with Crippen molar-refractivity contribution in [1.29, 1.82) is 0 Å². The predicted molar refractivity (Wildman–Crippen MR) is 83.3 cm³/mol. The van der Waals surface area contributed by atoms with Crippen LogP contribution < -0.4 is 11.1 Å². The molecule has 108 valence electrons. The molecule has 0 saturated heterocycles. The van der Waals surface area contributed by atoms with Gasteiger partial charge in [0.15, 0.2) is 5.13 Å². The van der Waals surface area contributed by atoms with E-state index in [1.165, 1.54) is 16.2 Å². The maximum atomic E-state index is 12.3. The average Bonchev–Trinajstić information content (AvgIpc) is 2.89. The summed E-state index contributed by atoms with van der Waals surface area (Å²) >= 11 is 2.85. The lowest BCUT2D eigenvalue weighted by Crippen LogP contribution is -2.28. The van der Waals surface area contributed by atoms with E-state index in [4.69, 9.17) is 5.73 Å². The Balaban J connectivity index is 2.18. The van der Waals surface area contributed by atoms with Crippen LogP contribution in [0, 0.1) is 20.8 Å². The van der Waals surface area contributed by atoms with Gasteiger partial charge in [0.05, 0.1) is 17.4 Å². The number of aryl methyl sites for hydroxylation is 3. The second-order valence-corrected chi connectivity index (χ2v) is 6.86. The Labute approximate surface area is 126 Å². The van der Waals surface area contributed by atoms with Gasteiger partial charge < -0.3 is 11.1 Å². The summed E-state index contributed by atoms with van der Waals surface area (Å²) < 4.78 is 0. The van der Waals surface area contributed by atoms with Crippen LogP contribution in [-0.2, 0) is 0 Å². The van der Waals surface area contributed by atoms with E-state index < -0.39 is 0 Å². The molecule has 0 unspecified atom stereocenters. The molecule has 2 aromatic rings. The van der Waals surface area contributed by atoms with Crippen molar-refractivity contribution in [3.63, 3.8) is 0 Å². The molecule has 2 heterocycles. The smallest absolute Gasteiger partial charge is 0.263 e. The van der Waals surface area contributed by atoms with Crippen LogP contribution in [0.5, 0.6) is 0 Å². The fourth-order valence-electron chi connectivity index (χ4n) is 1.84. The number of amides is 1. The molecule has 0 spiro atoms. The van der Waals surface area contributed by atoms with E-state index in [1.807, 2.05) is 20.8 Å². The van der Waals surface area contributed by atoms with Crippen molar-refractivity contribution < 1.29 is 4.79 Å². The van der Waals surface area contributed by atoms with E-state index in [9.17, 15) is 4.79 Å². The van der Waals surface area contributed by atoms with Crippen LogP contribution >= 0.6 is 22.7 Å². The van der Waals surface area contributed by atoms with Gasteiger partial charge in [-0.25, -0.2) is 9.97 Å². The number of anilines is 1. The summed E-state index contributed by atoms with van der Waals surface area (Å²) in [4.78, 5) is 22.7. The number of nitrogens with two attached hydrogens (primary N) is 1. The molecule has 0 bridgehead atoms. The Bertz CT molecular complexity index is 613. The molecular formula is C13H18N4OS2. The highest BCUT2D eigenvalue weighted by molar-refractivity contribution is 7.17. The number of nitrogen functional groups attached to an aromatic ring is 1. The highest BCUT2D eigenvalue weighted by Gasteiger charge is 2.21. The normalized spacial score (nSPS) is 12.4. The fourth-order valence-corrected chi connectivity index (χ4v) is 3.63. The first-order valence-electron chi connectivity index (χ1n) is 6.40. The zero-order valence-corrected chi connectivity index (χ0v) is 13.6. The molecule has 0 fully saturated rings. The maximum Gasteiger partial charge on any atom is 0.263 e. The first-order chi connectivity index (χ1) is 9.42. The summed E-state index contributed by atoms with van der Waals surface area (Å²) in [7, 11) is 0. The van der Waals surface area contributed by atoms with Crippen LogP contribution in [-0.4, -0.2) is 15.9 Å². The Kier molecular flexibility index (Phi) is 4.39. The first-order valence-corrected chi connectivity index (χ1v) is 8.03. The van der Waals surface area contributed by atoms with E-state index >= 15 is 0 Å². The van der Waals surface area contributed by atoms with Gasteiger partial charge in [-0.1, -0.05) is 18.3 Å². The van der Waals surface area contributed by atoms with Crippen LogP contribution in [0.4, 0.5) is 5.13 Å². The molecule has 2 rings (SSSR count). The number of nitrogens with zero attached hydrogens (tertiary/aromatic N) is 2. The van der Waals surface area contributed by atoms with E-state index in [-0.39, 0.29) is 11.9 Å². The summed E-state index contributed by atoms with van der Waals surface area (Å²) in [5.41, 5.74) is 7.33. The van der Waals surface area contributed by atoms with Gasteiger partial charge in [0.2, 0.25) is 0 Å². The van der Waals surface area contributed by atoms with Crippen molar-refractivity contribution in [2.45, 2.75) is 40.2 Å². The zero-order valence-electron chi connectivity index (χ0n) is 12.0. The molecule has 0 radical (unpaired) electrons. The molecule has 7 heteroatoms. The molecule has 0 saturated carbocycles. The number of carbonyl (C=O) groups is 1. The Hall–Kier alpha value is -1.47. The van der Waals surface area contributed by atoms with Crippen molar-refractivity contribution in [2.75, 3.05) is 5.73 Å². The lowest BCUT2D eigenvalue weighted by atomic mass is 10.2. The number of hydrogen-bond acceptors (Lipinski definition) is 6. The minimum absolute atomic E-state index is 0.0670. The van der Waals surface area contributed by atoms with Crippen LogP contribution in [0.3, 0.4) is 0 Å². The van der Waals surface area contributed by atoms with Gasteiger partial charge in [-0.05, 0) is 27.2 Å². The van der Waals surface area contributed by atoms with Gasteiger partial charge in [-0.2, -0.15) is 0 Å². The first kappa shape index (κ1) is 14.9. The number of carbonyl (C=O) groups excluding carboxylic acids is 1. The van der Waals surface area contributed by atoms with E-state index in [1.54, 1.807) is 18.3 Å². The third-order valence-electron chi connectivity index (χ3n) is 3.08. The molecule has 0 aliphatic heterocycles. The average molecular weight is 310 g/mol. The van der Waals surface area contributed by atoms with Crippen LogP contribution in [0.2, 0.25) is 0 Å². The van der Waals surface area contributed by atoms with Gasteiger partial charge in [0.25, 0.3) is 5.91 Å². The molecule has 2 aromatic heterocycles. The predicted octanol–water partition coefficient (Wildman–Crippen LogP) is 2.99. The number of hydrogen-bond donors (Lipinski definition) is 2. The Morgan fingerprint density at radius 1 is 1.25 bits per heavy atom. The summed E-state index contributed by atoms with van der Waals surface area (Å²) in [6.07, 6.45) is 0.797. The molecule has 1 amide bonds. The lowest BCUT2D eigenvalue weighted by Gasteiger charge is -2.13. The SMILES string of the molecule is CC[C@H](NC(=O)c1sc(N)nc1C)c1nc(C)c(C)s1. The molecule has 0 aromatic carbocycles. The highest BCUT2D eigenvalue weighted by Crippen LogP contribution is 2.26. The second kappa shape index (κ2) is 5.88. The zero-order chi connectivity index (χ0) is 14.9. The topological polar surface area (TPSA) is 80.9 Å². The molecule has 1 atom stereocenters. The summed E-state index contributed by atoms with van der Waals surface area (Å²) in [5, 5.41) is 4.39. The maximum absolute atomic E-state index is 12.3. The Morgan fingerprint density at radius 2 is 1.95 bits per heavy atom. The number of thiazole rings is 2. The van der Waals surface area contributed by atoms with Gasteiger partial charge in [0, 0.05) is 4.88 Å². The molecular weight excluding hydrogens is 292 g/mol. The highest BCUT2D eigenvalue weighted by atomic mass is 32.1. The van der Waals surface area contributed by atoms with E-state index in [0.717, 1.165) is 17.1 Å². The monoisotopic (exact) mass is 310 g/mol. The number of aromatic nitrogens is 2. The summed E-state index contributed by atoms with van der Waals surface area (Å²) in [5.74, 6) is -0.131. The summed E-state index contributed by atoms with van der Waals surface area (Å²) in [6, 6.07) is -0.0670. The second-order valence-electron chi connectivity index (χ2n) is 4.59. The van der Waals surface area contributed by atoms with Gasteiger partial charge >= 0.3 is 0 Å². The summed E-state index contributed by atoms with van der Waals surface area (Å²) in [6.45, 7) is 7.85. The lowest BCUT2D eigenvalue weighted by molar-refractivity contribution is 0.0939. The van der Waals surface area contributed by atoms with Gasteiger partial charge in [0.1, 0.15) is 9.88 Å². The van der Waals surface area contributed by atoms with Crippen molar-refractivity contribution in [3.05, 3.63) is 26.1 Å². The van der Waals surface area contributed by atoms with Crippen molar-refractivity contribution in [1.82, 2.24) is 15.3 Å². The minimum Gasteiger partial charge on any atom is -0.375 e. The van der Waals surface area contributed by atoms with Gasteiger partial charge in [-0.3, -0.25) is 4.79 Å². The Morgan fingerprint density at radius 3 is 2.40 bits per heavy atom. The third kappa shape index (κ3) is 2.99. The largest absolute Gasteiger partial charge is 0.375 e. The minimum atomic E-state index is -0.131. The molecule has 5 nitrogen and oxygen atoms in total. The third-order valence-corrected chi connectivity index (χ3v) is 5.25. The molecule has 3 N–H and O–H groups in total. The van der Waals surface area contributed by atoms with E-state index in [0.29, 0.717) is 15.7 Å². The van der Waals surface area contributed by atoms with Crippen molar-refractivity contribution in [3.8, 4) is 0 Å². The molecule has 0 aliphatic rings. The number of nitrogens with one attached hydrogen (secondary N) is 1. The number of rotatable bonds is 4. The quantitative estimate of drug-likeness (QED) is 0.909. The van der Waals surface area contributed by atoms with E-state index in [2.05, 4.69) is 15.3 Å². The van der Waals surface area contributed by atoms with Gasteiger partial charge in [-0.15, -0.1) is 11.3 Å². The molecule has 20 heavy (non-hydrogen) atoms. The van der Waals surface area contributed by atoms with Crippen LogP contribution in [0.15, 0.2) is 0 Å². The van der Waals surface area contributed by atoms with Crippen molar-refractivity contribution >= 4 is 33.7 Å². The van der Waals surface area contributed by atoms with Crippen LogP contribution in [0.1, 0.15) is 50.3 Å². The molecule has 0 aliphatic carbocycles.